The van der Waals surface area contributed by atoms with Gasteiger partial charge in [0.1, 0.15) is 5.75 Å². The van der Waals surface area contributed by atoms with Gasteiger partial charge in [-0.3, -0.25) is 0 Å². The molecule has 1 N–H and O–H groups in total. The van der Waals surface area contributed by atoms with Crippen LogP contribution in [0, 0.1) is 0 Å². The predicted octanol–water partition coefficient (Wildman–Crippen LogP) is 5.93. The summed E-state index contributed by atoms with van der Waals surface area (Å²) in [6.07, 6.45) is -12.6. The molecule has 0 saturated heterocycles. The van der Waals surface area contributed by atoms with E-state index < -0.39 is 40.6 Å². The van der Waals surface area contributed by atoms with Crippen molar-refractivity contribution < 1.29 is 41.0 Å². The lowest BCUT2D eigenvalue weighted by Gasteiger charge is -2.30. The van der Waals surface area contributed by atoms with Gasteiger partial charge in [0.15, 0.2) is 0 Å². The van der Waals surface area contributed by atoms with E-state index in [2.05, 4.69) is 4.74 Å². The minimum Gasteiger partial charge on any atom is -0.424 e. The number of benzene rings is 3. The summed E-state index contributed by atoms with van der Waals surface area (Å²) < 4.78 is 82.0. The number of ether oxygens (including phenoxy) is 1. The van der Waals surface area contributed by atoms with E-state index in [4.69, 9.17) is 0 Å². The zero-order valence-electron chi connectivity index (χ0n) is 16.1. The highest BCUT2D eigenvalue weighted by molar-refractivity contribution is 8.17. The largest absolute Gasteiger partial charge is 0.437 e. The quantitative estimate of drug-likeness (QED) is 0.209. The molecular weight excluding hydrogens is 458 g/mol. The van der Waals surface area contributed by atoms with Crippen molar-refractivity contribution in [2.24, 2.45) is 0 Å². The summed E-state index contributed by atoms with van der Waals surface area (Å²) in [5.41, 5.74) is -5.65. The molecule has 10 heteroatoms. The van der Waals surface area contributed by atoms with Crippen LogP contribution < -0.4 is 4.74 Å². The third-order valence-electron chi connectivity index (χ3n) is 4.43. The van der Waals surface area contributed by atoms with Crippen LogP contribution in [-0.2, 0) is 4.79 Å². The van der Waals surface area contributed by atoms with Gasteiger partial charge in [0, 0.05) is 0 Å². The van der Waals surface area contributed by atoms with E-state index in [0.29, 0.717) is 4.90 Å². The second-order valence-electron chi connectivity index (χ2n) is 6.60. The molecule has 0 aliphatic heterocycles. The Balaban J connectivity index is 2.01. The first-order chi connectivity index (χ1) is 14.9. The van der Waals surface area contributed by atoms with Crippen LogP contribution in [0.1, 0.15) is 0 Å². The zero-order chi connectivity index (χ0) is 23.6. The Hall–Kier alpha value is -2.98. The van der Waals surface area contributed by atoms with Gasteiger partial charge < -0.3 is 9.84 Å². The third-order valence-corrected chi connectivity index (χ3v) is 6.85. The first-order valence-electron chi connectivity index (χ1n) is 9.03. The lowest BCUT2D eigenvalue weighted by molar-refractivity contribution is -0.354. The minimum atomic E-state index is -6.32. The first kappa shape index (κ1) is 23.7. The maximum Gasteiger partial charge on any atom is 0.437 e. The number of aliphatic hydroxyl groups is 1. The van der Waals surface area contributed by atoms with E-state index in [1.807, 2.05) is 24.3 Å². The van der Waals surface area contributed by atoms with Gasteiger partial charge in [0.2, 0.25) is 0 Å². The summed E-state index contributed by atoms with van der Waals surface area (Å²) in [4.78, 5) is 14.1. The monoisotopic (exact) mass is 474 g/mol. The minimum absolute atomic E-state index is 0.519. The number of hydrogen-bond donors (Lipinski definition) is 2. The fourth-order valence-electron chi connectivity index (χ4n) is 2.86. The Kier molecular flexibility index (Phi) is 6.56. The molecule has 3 nitrogen and oxygen atoms in total. The van der Waals surface area contributed by atoms with Crippen molar-refractivity contribution in [3.63, 3.8) is 0 Å². The summed E-state index contributed by atoms with van der Waals surface area (Å²) >= 11 is 0. The van der Waals surface area contributed by atoms with Crippen LogP contribution >= 0.6 is 10.9 Å². The molecule has 3 aromatic rings. The van der Waals surface area contributed by atoms with Crippen molar-refractivity contribution in [3.05, 3.63) is 84.9 Å². The van der Waals surface area contributed by atoms with E-state index in [0.717, 1.165) is 15.9 Å². The topological polar surface area (TPSA) is 46.5 Å². The molecule has 0 heterocycles. The van der Waals surface area contributed by atoms with Crippen LogP contribution in [0.2, 0.25) is 0 Å². The van der Waals surface area contributed by atoms with E-state index in [1.54, 1.807) is 42.5 Å². The van der Waals surface area contributed by atoms with E-state index in [1.165, 1.54) is 12.1 Å². The van der Waals surface area contributed by atoms with Gasteiger partial charge >= 0.3 is 23.9 Å². The molecule has 32 heavy (non-hydrogen) atoms. The highest BCUT2D eigenvalue weighted by Gasteiger charge is 2.76. The molecule has 170 valence electrons. The molecule has 0 saturated carbocycles. The molecule has 0 radical (unpaired) electrons. The van der Waals surface area contributed by atoms with Crippen LogP contribution in [0.25, 0.3) is 0 Å². The summed E-state index contributed by atoms with van der Waals surface area (Å²) in [6, 6.07) is 23.3. The predicted molar refractivity (Wildman–Crippen MR) is 106 cm³/mol. The number of hydrogen-bond acceptors (Lipinski definition) is 3. The Morgan fingerprint density at radius 2 is 1.12 bits per heavy atom. The number of rotatable bonds is 5. The molecule has 0 spiro atoms. The summed E-state index contributed by atoms with van der Waals surface area (Å²) in [5, 5.41) is 9.23. The summed E-state index contributed by atoms with van der Waals surface area (Å²) in [6.45, 7) is 0. The van der Waals surface area contributed by atoms with Crippen LogP contribution in [0.3, 0.4) is 0 Å². The Morgan fingerprint density at radius 1 is 0.688 bits per heavy atom. The van der Waals surface area contributed by atoms with Gasteiger partial charge in [-0.05, 0) is 57.2 Å². The van der Waals surface area contributed by atoms with E-state index >= 15 is 0 Å². The molecule has 0 fully saturated rings. The number of carbonyl (C=O) groups is 1. The first-order valence-corrected chi connectivity index (χ1v) is 10.4. The molecule has 0 atom stereocenters. The number of alkyl halides is 6. The maximum atomic E-state index is 12.9. The van der Waals surface area contributed by atoms with E-state index in [-0.39, 0.29) is 0 Å². The number of esters is 1. The number of thiol groups is 1. The van der Waals surface area contributed by atoms with Gasteiger partial charge in [0.05, 0.1) is 0 Å². The van der Waals surface area contributed by atoms with Crippen molar-refractivity contribution >= 4 is 16.9 Å². The highest BCUT2D eigenvalue weighted by Crippen LogP contribution is 2.52. The average molecular weight is 474 g/mol. The standard InChI is InChI=1S/C22H16F6O3S/c23-21(24,25)20(30,22(26,27)28)19(29)31-15-8-7-13-18(14-15)32(16-9-3-1-4-10-16)17-11-5-2-6-12-17/h1-14,30,32H. The lowest BCUT2D eigenvalue weighted by Crippen LogP contribution is -2.63. The number of carbonyl (C=O) groups excluding carboxylic acids is 1. The SMILES string of the molecule is O=C(Oc1cccc([SH](c2ccccc2)c2ccccc2)c1)C(O)(C(F)(F)F)C(F)(F)F. The molecule has 0 unspecified atom stereocenters. The molecular formula is C22H16F6O3S. The molecule has 0 aromatic heterocycles. The zero-order valence-corrected chi connectivity index (χ0v) is 17.0. The third kappa shape index (κ3) is 4.61. The molecule has 0 bridgehead atoms. The molecule has 0 aliphatic rings. The lowest BCUT2D eigenvalue weighted by atomic mass is 10.0. The fourth-order valence-corrected chi connectivity index (χ4v) is 5.19. The highest BCUT2D eigenvalue weighted by atomic mass is 32.2. The van der Waals surface area contributed by atoms with Gasteiger partial charge in [-0.2, -0.15) is 37.2 Å². The Morgan fingerprint density at radius 3 is 1.56 bits per heavy atom. The fraction of sp³-hybridized carbons (Fsp3) is 0.136. The van der Waals surface area contributed by atoms with E-state index in [9.17, 15) is 36.2 Å². The number of halogens is 6. The molecule has 3 aromatic carbocycles. The van der Waals surface area contributed by atoms with Gasteiger partial charge in [-0.15, -0.1) is 0 Å². The van der Waals surface area contributed by atoms with Crippen molar-refractivity contribution in [3.8, 4) is 5.75 Å². The molecule has 3 rings (SSSR count). The van der Waals surface area contributed by atoms with Crippen LogP contribution in [0.15, 0.2) is 99.6 Å². The average Bonchev–Trinajstić information content (AvgIpc) is 2.73. The smallest absolute Gasteiger partial charge is 0.424 e. The van der Waals surface area contributed by atoms with Crippen LogP contribution in [0.5, 0.6) is 5.75 Å². The van der Waals surface area contributed by atoms with Crippen molar-refractivity contribution in [2.45, 2.75) is 32.6 Å². The van der Waals surface area contributed by atoms with Gasteiger partial charge in [-0.25, -0.2) is 4.79 Å². The molecule has 0 amide bonds. The van der Waals surface area contributed by atoms with Crippen molar-refractivity contribution in [1.82, 2.24) is 0 Å². The van der Waals surface area contributed by atoms with Crippen molar-refractivity contribution in [2.75, 3.05) is 0 Å². The van der Waals surface area contributed by atoms with Crippen LogP contribution in [0.4, 0.5) is 26.3 Å². The normalized spacial score (nSPS) is 12.9. The van der Waals surface area contributed by atoms with Gasteiger partial charge in [-0.1, -0.05) is 42.5 Å². The Labute approximate surface area is 181 Å². The van der Waals surface area contributed by atoms with Gasteiger partial charge in [0.25, 0.3) is 0 Å². The summed E-state index contributed by atoms with van der Waals surface area (Å²) in [5.74, 6) is -3.43. The molecule has 0 aliphatic carbocycles. The summed E-state index contributed by atoms with van der Waals surface area (Å²) in [7, 11) is -1.26. The Bertz CT molecular complexity index is 1010. The second-order valence-corrected chi connectivity index (χ2v) is 8.82. The van der Waals surface area contributed by atoms with Crippen molar-refractivity contribution in [1.29, 1.82) is 0 Å². The van der Waals surface area contributed by atoms with Crippen LogP contribution in [-0.4, -0.2) is 29.0 Å². The second kappa shape index (κ2) is 8.87. The maximum absolute atomic E-state index is 12.9.